The second-order valence-corrected chi connectivity index (χ2v) is 7.12. The molecule has 3 rings (SSSR count). The number of amides is 1. The van der Waals surface area contributed by atoms with Gasteiger partial charge in [0, 0.05) is 43.1 Å². The molecule has 0 aromatic heterocycles. The van der Waals surface area contributed by atoms with Gasteiger partial charge in [-0.15, -0.1) is 0 Å². The number of nitrogens with zero attached hydrogens (tertiary/aromatic N) is 2. The maximum atomic E-state index is 12.6. The zero-order chi connectivity index (χ0) is 18.5. The van der Waals surface area contributed by atoms with Gasteiger partial charge in [0.2, 0.25) is 5.91 Å². The highest BCUT2D eigenvalue weighted by Gasteiger charge is 2.28. The van der Waals surface area contributed by atoms with Crippen LogP contribution in [0.1, 0.15) is 34.8 Å². The maximum Gasteiger partial charge on any atom is 0.223 e. The van der Waals surface area contributed by atoms with Crippen LogP contribution >= 0.6 is 11.6 Å². The molecule has 4 nitrogen and oxygen atoms in total. The van der Waals surface area contributed by atoms with E-state index in [1.54, 1.807) is 24.3 Å². The van der Waals surface area contributed by atoms with E-state index in [4.69, 9.17) is 11.6 Å². The number of halogens is 1. The molecule has 1 amide bonds. The highest BCUT2D eigenvalue weighted by atomic mass is 35.5. The Hall–Kier alpha value is -2.17. The number of hydrogen-bond acceptors (Lipinski definition) is 3. The van der Waals surface area contributed by atoms with Crippen molar-refractivity contribution in [2.24, 2.45) is 0 Å². The second kappa shape index (κ2) is 8.47. The lowest BCUT2D eigenvalue weighted by Gasteiger charge is -2.39. The van der Waals surface area contributed by atoms with E-state index in [2.05, 4.69) is 24.1 Å². The largest absolute Gasteiger partial charge is 0.339 e. The van der Waals surface area contributed by atoms with Crippen LogP contribution in [0.25, 0.3) is 0 Å². The van der Waals surface area contributed by atoms with Gasteiger partial charge in [0.05, 0.1) is 6.04 Å². The van der Waals surface area contributed by atoms with Crippen LogP contribution in [-0.2, 0) is 4.79 Å². The van der Waals surface area contributed by atoms with Gasteiger partial charge in [-0.1, -0.05) is 54.1 Å². The summed E-state index contributed by atoms with van der Waals surface area (Å²) in [5.74, 6) is -0.0102. The molecule has 1 aliphatic heterocycles. The van der Waals surface area contributed by atoms with Crippen LogP contribution in [0.4, 0.5) is 0 Å². The van der Waals surface area contributed by atoms with E-state index < -0.39 is 0 Å². The highest BCUT2D eigenvalue weighted by Crippen LogP contribution is 2.24. The fourth-order valence-electron chi connectivity index (χ4n) is 3.32. The van der Waals surface area contributed by atoms with Crippen molar-refractivity contribution in [2.45, 2.75) is 18.9 Å². The molecule has 0 aliphatic carbocycles. The predicted octanol–water partition coefficient (Wildman–Crippen LogP) is 3.82. The summed E-state index contributed by atoms with van der Waals surface area (Å²) in [7, 11) is 2.09. The molecule has 0 spiro atoms. The van der Waals surface area contributed by atoms with Crippen LogP contribution in [0.5, 0.6) is 0 Å². The fraction of sp³-hybridized carbons (Fsp3) is 0.333. The number of piperazine rings is 1. The first-order valence-electron chi connectivity index (χ1n) is 8.86. The van der Waals surface area contributed by atoms with Crippen molar-refractivity contribution in [1.29, 1.82) is 0 Å². The maximum absolute atomic E-state index is 12.6. The number of likely N-dealkylation sites (N-methyl/N-ethyl adjacent to an activating group) is 1. The van der Waals surface area contributed by atoms with Crippen molar-refractivity contribution in [2.75, 3.05) is 26.7 Å². The van der Waals surface area contributed by atoms with Crippen LogP contribution in [0.15, 0.2) is 54.6 Å². The summed E-state index contributed by atoms with van der Waals surface area (Å²) < 4.78 is 0. The standard InChI is InChI=1S/C21H23ClN2O2/c1-23-12-13-24(15-19(23)16-6-3-2-4-7-16)21(26)11-10-20(25)17-8-5-9-18(22)14-17/h2-9,14,19H,10-13,15H2,1H3. The minimum atomic E-state index is -0.0467. The lowest BCUT2D eigenvalue weighted by molar-refractivity contribution is -0.134. The van der Waals surface area contributed by atoms with Gasteiger partial charge in [-0.3, -0.25) is 14.5 Å². The Bertz CT molecular complexity index is 779. The minimum absolute atomic E-state index is 0.0365. The molecule has 2 aromatic carbocycles. The third-order valence-corrected chi connectivity index (χ3v) is 5.13. The van der Waals surface area contributed by atoms with E-state index in [0.29, 0.717) is 23.7 Å². The molecule has 2 aromatic rings. The number of Topliss-reactive ketones (excluding diaryl/α,β-unsaturated/α-hetero) is 1. The van der Waals surface area contributed by atoms with Crippen molar-refractivity contribution in [3.63, 3.8) is 0 Å². The summed E-state index contributed by atoms with van der Waals surface area (Å²) in [5, 5.41) is 0.534. The lowest BCUT2D eigenvalue weighted by atomic mass is 10.0. The smallest absolute Gasteiger partial charge is 0.223 e. The Kier molecular flexibility index (Phi) is 6.07. The number of carbonyl (C=O) groups excluding carboxylic acids is 2. The van der Waals surface area contributed by atoms with Crippen LogP contribution in [0.3, 0.4) is 0 Å². The third-order valence-electron chi connectivity index (χ3n) is 4.90. The van der Waals surface area contributed by atoms with Crippen LogP contribution in [0, 0.1) is 0 Å². The van der Waals surface area contributed by atoms with Crippen LogP contribution in [-0.4, -0.2) is 48.2 Å². The van der Waals surface area contributed by atoms with Gasteiger partial charge < -0.3 is 4.90 Å². The van der Waals surface area contributed by atoms with E-state index in [0.717, 1.165) is 6.54 Å². The molecule has 1 aliphatic rings. The van der Waals surface area contributed by atoms with Gasteiger partial charge in [-0.2, -0.15) is 0 Å². The molecule has 0 N–H and O–H groups in total. The molecule has 1 unspecified atom stereocenters. The first-order chi connectivity index (χ1) is 12.5. The molecular formula is C21H23ClN2O2. The van der Waals surface area contributed by atoms with Crippen molar-refractivity contribution < 1.29 is 9.59 Å². The van der Waals surface area contributed by atoms with E-state index in [-0.39, 0.29) is 30.6 Å². The number of carbonyl (C=O) groups is 2. The molecule has 1 heterocycles. The third kappa shape index (κ3) is 4.51. The van der Waals surface area contributed by atoms with Crippen molar-refractivity contribution in [3.8, 4) is 0 Å². The molecular weight excluding hydrogens is 348 g/mol. The highest BCUT2D eigenvalue weighted by molar-refractivity contribution is 6.31. The number of ketones is 1. The number of rotatable bonds is 5. The molecule has 0 bridgehead atoms. The Morgan fingerprint density at radius 2 is 1.81 bits per heavy atom. The fourth-order valence-corrected chi connectivity index (χ4v) is 3.51. The zero-order valence-electron chi connectivity index (χ0n) is 14.9. The quantitative estimate of drug-likeness (QED) is 0.751. The van der Waals surface area contributed by atoms with Crippen molar-refractivity contribution >= 4 is 23.3 Å². The molecule has 1 fully saturated rings. The van der Waals surface area contributed by atoms with Crippen LogP contribution < -0.4 is 0 Å². The van der Waals surface area contributed by atoms with Gasteiger partial charge in [-0.25, -0.2) is 0 Å². The lowest BCUT2D eigenvalue weighted by Crippen LogP contribution is -2.49. The van der Waals surface area contributed by atoms with Crippen LogP contribution in [0.2, 0.25) is 5.02 Å². The summed E-state index contributed by atoms with van der Waals surface area (Å²) in [5.41, 5.74) is 1.77. The second-order valence-electron chi connectivity index (χ2n) is 6.68. The Labute approximate surface area is 159 Å². The first kappa shape index (κ1) is 18.6. The van der Waals surface area contributed by atoms with Crippen molar-refractivity contribution in [1.82, 2.24) is 9.80 Å². The molecule has 0 saturated carbocycles. The minimum Gasteiger partial charge on any atom is -0.339 e. The molecule has 136 valence electrons. The zero-order valence-corrected chi connectivity index (χ0v) is 15.7. The SMILES string of the molecule is CN1CCN(C(=O)CCC(=O)c2cccc(Cl)c2)CC1c1ccccc1. The predicted molar refractivity (Wildman–Crippen MR) is 103 cm³/mol. The Morgan fingerprint density at radius 3 is 2.54 bits per heavy atom. The molecule has 1 saturated heterocycles. The molecule has 5 heteroatoms. The number of benzene rings is 2. The Balaban J connectivity index is 1.58. The summed E-state index contributed by atoms with van der Waals surface area (Å²) in [4.78, 5) is 29.0. The van der Waals surface area contributed by atoms with Gasteiger partial charge in [0.15, 0.2) is 5.78 Å². The van der Waals surface area contributed by atoms with Gasteiger partial charge >= 0.3 is 0 Å². The average molecular weight is 371 g/mol. The van der Waals surface area contributed by atoms with Gasteiger partial charge in [0.25, 0.3) is 0 Å². The van der Waals surface area contributed by atoms with Gasteiger partial charge in [0.1, 0.15) is 0 Å². The van der Waals surface area contributed by atoms with Gasteiger partial charge in [-0.05, 0) is 24.7 Å². The topological polar surface area (TPSA) is 40.6 Å². The van der Waals surface area contributed by atoms with E-state index in [9.17, 15) is 9.59 Å². The average Bonchev–Trinajstić information content (AvgIpc) is 2.67. The summed E-state index contributed by atoms with van der Waals surface area (Å²) in [6.45, 7) is 2.18. The number of hydrogen-bond donors (Lipinski definition) is 0. The molecule has 0 radical (unpaired) electrons. The summed E-state index contributed by atoms with van der Waals surface area (Å²) >= 11 is 5.93. The van der Waals surface area contributed by atoms with E-state index in [1.165, 1.54) is 5.56 Å². The summed E-state index contributed by atoms with van der Waals surface area (Å²) in [6.07, 6.45) is 0.443. The Morgan fingerprint density at radius 1 is 1.04 bits per heavy atom. The monoisotopic (exact) mass is 370 g/mol. The molecule has 1 atom stereocenters. The first-order valence-corrected chi connectivity index (χ1v) is 9.24. The van der Waals surface area contributed by atoms with E-state index in [1.807, 2.05) is 23.1 Å². The van der Waals surface area contributed by atoms with Crippen molar-refractivity contribution in [3.05, 3.63) is 70.7 Å². The normalized spacial score (nSPS) is 17.9. The molecule has 26 heavy (non-hydrogen) atoms. The summed E-state index contributed by atoms with van der Waals surface area (Å²) in [6, 6.07) is 17.3. The van der Waals surface area contributed by atoms with E-state index >= 15 is 0 Å².